The number of nitrogens with zero attached hydrogens (tertiary/aromatic N) is 2. The van der Waals surface area contributed by atoms with Crippen LogP contribution in [-0.2, 0) is 17.1 Å². The second-order valence-corrected chi connectivity index (χ2v) is 8.58. The van der Waals surface area contributed by atoms with Gasteiger partial charge in [0.25, 0.3) is 15.9 Å². The van der Waals surface area contributed by atoms with E-state index >= 15 is 0 Å². The zero-order chi connectivity index (χ0) is 17.2. The van der Waals surface area contributed by atoms with Crippen molar-refractivity contribution in [2.75, 3.05) is 0 Å². The van der Waals surface area contributed by atoms with Crippen LogP contribution in [0.1, 0.15) is 29.9 Å². The lowest BCUT2D eigenvalue weighted by Crippen LogP contribution is -2.31. The molecule has 0 aliphatic heterocycles. The fourth-order valence-corrected chi connectivity index (χ4v) is 3.97. The summed E-state index contributed by atoms with van der Waals surface area (Å²) in [4.78, 5) is 16.5. The van der Waals surface area contributed by atoms with Crippen LogP contribution in [0.3, 0.4) is 0 Å². The Balaban J connectivity index is 2.24. The minimum absolute atomic E-state index is 0.0767. The molecule has 0 unspecified atom stereocenters. The van der Waals surface area contributed by atoms with Gasteiger partial charge in [0.2, 0.25) is 0 Å². The van der Waals surface area contributed by atoms with Gasteiger partial charge in [-0.1, -0.05) is 43.8 Å². The molecule has 1 aromatic heterocycles. The highest BCUT2D eigenvalue weighted by atomic mass is 32.2. The summed E-state index contributed by atoms with van der Waals surface area (Å²) >= 11 is 1.50. The number of carbonyl (C=O) groups is 1. The van der Waals surface area contributed by atoms with Crippen LogP contribution in [-0.4, -0.2) is 29.1 Å². The highest BCUT2D eigenvalue weighted by Gasteiger charge is 2.22. The van der Waals surface area contributed by atoms with Crippen LogP contribution < -0.4 is 4.72 Å². The summed E-state index contributed by atoms with van der Waals surface area (Å²) in [5.41, 5.74) is 0.651. The Morgan fingerprint density at radius 2 is 1.96 bits per heavy atom. The van der Waals surface area contributed by atoms with Crippen molar-refractivity contribution in [3.63, 3.8) is 0 Å². The molecule has 1 heterocycles. The van der Waals surface area contributed by atoms with Gasteiger partial charge in [-0.15, -0.1) is 0 Å². The Labute approximate surface area is 140 Å². The number of aryl methyl sites for hydroxylation is 2. The average Bonchev–Trinajstić information content (AvgIpc) is 2.79. The lowest BCUT2D eigenvalue weighted by Gasteiger charge is -2.07. The molecule has 1 aromatic carbocycles. The van der Waals surface area contributed by atoms with Crippen molar-refractivity contribution in [2.24, 2.45) is 7.05 Å². The Morgan fingerprint density at radius 3 is 2.57 bits per heavy atom. The van der Waals surface area contributed by atoms with Crippen LogP contribution >= 0.6 is 11.8 Å². The third-order valence-corrected chi connectivity index (χ3v) is 5.57. The molecule has 0 bridgehead atoms. The van der Waals surface area contributed by atoms with E-state index < -0.39 is 15.9 Å². The predicted molar refractivity (Wildman–Crippen MR) is 90.0 cm³/mol. The van der Waals surface area contributed by atoms with E-state index in [2.05, 4.69) is 9.71 Å². The topological polar surface area (TPSA) is 81.1 Å². The van der Waals surface area contributed by atoms with Crippen LogP contribution in [0.5, 0.6) is 0 Å². The summed E-state index contributed by atoms with van der Waals surface area (Å²) in [7, 11) is -2.15. The predicted octanol–water partition coefficient (Wildman–Crippen LogP) is 2.35. The summed E-state index contributed by atoms with van der Waals surface area (Å²) in [5, 5.41) is 0.973. The fourth-order valence-electron chi connectivity index (χ4n) is 1.97. The minimum atomic E-state index is -3.92. The molecule has 0 fully saturated rings. The Morgan fingerprint density at radius 1 is 1.30 bits per heavy atom. The number of hydrogen-bond donors (Lipinski definition) is 1. The number of sulfonamides is 1. The van der Waals surface area contributed by atoms with Gasteiger partial charge in [0.05, 0.1) is 4.90 Å². The highest BCUT2D eigenvalue weighted by molar-refractivity contribution is 7.99. The Kier molecular flexibility index (Phi) is 5.16. The maximum absolute atomic E-state index is 12.3. The maximum atomic E-state index is 12.3. The van der Waals surface area contributed by atoms with E-state index in [1.54, 1.807) is 36.7 Å². The molecule has 0 saturated heterocycles. The molecule has 1 amide bonds. The van der Waals surface area contributed by atoms with Gasteiger partial charge >= 0.3 is 0 Å². The number of thioether (sulfide) groups is 1. The van der Waals surface area contributed by atoms with E-state index in [1.807, 2.05) is 13.8 Å². The van der Waals surface area contributed by atoms with E-state index in [0.717, 1.165) is 0 Å². The third-order valence-electron chi connectivity index (χ3n) is 3.02. The average molecular weight is 353 g/mol. The molecule has 2 rings (SSSR count). The highest BCUT2D eigenvalue weighted by Crippen LogP contribution is 2.21. The van der Waals surface area contributed by atoms with Gasteiger partial charge in [0, 0.05) is 18.5 Å². The van der Waals surface area contributed by atoms with Gasteiger partial charge in [-0.05, 0) is 18.6 Å². The van der Waals surface area contributed by atoms with Crippen molar-refractivity contribution in [1.29, 1.82) is 0 Å². The molecule has 124 valence electrons. The quantitative estimate of drug-likeness (QED) is 0.835. The molecule has 0 spiro atoms. The van der Waals surface area contributed by atoms with Crippen molar-refractivity contribution < 1.29 is 13.2 Å². The summed E-state index contributed by atoms with van der Waals surface area (Å²) in [6.45, 7) is 5.71. The van der Waals surface area contributed by atoms with E-state index in [-0.39, 0.29) is 10.6 Å². The van der Waals surface area contributed by atoms with Crippen molar-refractivity contribution in [1.82, 2.24) is 14.3 Å². The number of aromatic nitrogens is 2. The first kappa shape index (κ1) is 17.6. The molecular weight excluding hydrogens is 334 g/mol. The van der Waals surface area contributed by atoms with Crippen LogP contribution in [0, 0.1) is 6.92 Å². The van der Waals surface area contributed by atoms with E-state index in [4.69, 9.17) is 0 Å². The lowest BCUT2D eigenvalue weighted by atomic mass is 10.2. The molecule has 0 atom stereocenters. The fraction of sp³-hybridized carbons (Fsp3) is 0.333. The Bertz CT molecular complexity index is 826. The summed E-state index contributed by atoms with van der Waals surface area (Å²) in [5.74, 6) is -0.737. The van der Waals surface area contributed by atoms with Crippen molar-refractivity contribution in [3.8, 4) is 0 Å². The number of nitrogens with one attached hydrogen (secondary N) is 1. The minimum Gasteiger partial charge on any atom is -0.328 e. The number of carbonyl (C=O) groups excluding carboxylic acids is 1. The second kappa shape index (κ2) is 6.76. The molecule has 23 heavy (non-hydrogen) atoms. The molecule has 0 aliphatic carbocycles. The van der Waals surface area contributed by atoms with E-state index in [1.165, 1.54) is 24.0 Å². The van der Waals surface area contributed by atoms with Crippen molar-refractivity contribution in [2.45, 2.75) is 36.1 Å². The van der Waals surface area contributed by atoms with Crippen LogP contribution in [0.2, 0.25) is 0 Å². The van der Waals surface area contributed by atoms with Gasteiger partial charge in [0.15, 0.2) is 5.16 Å². The largest absolute Gasteiger partial charge is 0.328 e. The third kappa shape index (κ3) is 4.14. The van der Waals surface area contributed by atoms with E-state index in [0.29, 0.717) is 16.0 Å². The molecule has 6 nitrogen and oxygen atoms in total. The first-order chi connectivity index (χ1) is 10.7. The molecule has 2 aromatic rings. The lowest BCUT2D eigenvalue weighted by molar-refractivity contribution is 0.0976. The van der Waals surface area contributed by atoms with Gasteiger partial charge in [-0.2, -0.15) is 0 Å². The van der Waals surface area contributed by atoms with Crippen LogP contribution in [0.4, 0.5) is 0 Å². The van der Waals surface area contributed by atoms with Gasteiger partial charge in [0.1, 0.15) is 5.69 Å². The summed E-state index contributed by atoms with van der Waals surface area (Å²) in [6, 6.07) is 6.50. The summed E-state index contributed by atoms with van der Waals surface area (Å²) in [6.07, 6.45) is 1.52. The van der Waals surface area contributed by atoms with Gasteiger partial charge in [-0.25, -0.2) is 18.1 Å². The Hall–Kier alpha value is -1.80. The molecule has 0 aliphatic rings. The molecular formula is C15H19N3O3S2. The number of amides is 1. The second-order valence-electron chi connectivity index (χ2n) is 5.39. The molecule has 8 heteroatoms. The standard InChI is InChI=1S/C15H19N3O3S2/c1-10(2)22-15-16-12(9-18(15)4)14(19)17-23(20,21)13-8-6-5-7-11(13)3/h5-10H,1-4H3,(H,17,19). The van der Waals surface area contributed by atoms with Crippen LogP contribution in [0.15, 0.2) is 40.5 Å². The number of hydrogen-bond acceptors (Lipinski definition) is 5. The first-order valence-corrected chi connectivity index (χ1v) is 9.40. The first-order valence-electron chi connectivity index (χ1n) is 7.03. The molecule has 1 N–H and O–H groups in total. The SMILES string of the molecule is Cc1ccccc1S(=O)(=O)NC(=O)c1cn(C)c(SC(C)C)n1. The number of imidazole rings is 1. The number of benzene rings is 1. The summed E-state index contributed by atoms with van der Waals surface area (Å²) < 4.78 is 28.4. The van der Waals surface area contributed by atoms with Crippen molar-refractivity contribution in [3.05, 3.63) is 41.7 Å². The van der Waals surface area contributed by atoms with Gasteiger partial charge in [-0.3, -0.25) is 4.79 Å². The molecule has 0 saturated carbocycles. The smallest absolute Gasteiger partial charge is 0.285 e. The van der Waals surface area contributed by atoms with Crippen molar-refractivity contribution >= 4 is 27.7 Å². The normalized spacial score (nSPS) is 11.7. The van der Waals surface area contributed by atoms with E-state index in [9.17, 15) is 13.2 Å². The van der Waals surface area contributed by atoms with Gasteiger partial charge < -0.3 is 4.57 Å². The maximum Gasteiger partial charge on any atom is 0.285 e. The zero-order valence-electron chi connectivity index (χ0n) is 13.4. The number of rotatable bonds is 5. The monoisotopic (exact) mass is 353 g/mol. The zero-order valence-corrected chi connectivity index (χ0v) is 15.0. The molecule has 0 radical (unpaired) electrons. The van der Waals surface area contributed by atoms with Crippen LogP contribution in [0.25, 0.3) is 0 Å².